The van der Waals surface area contributed by atoms with E-state index >= 15 is 0 Å². The molecule has 4 nitrogen and oxygen atoms in total. The monoisotopic (exact) mass is 258 g/mol. The molecule has 1 saturated heterocycles. The average Bonchev–Trinajstić information content (AvgIpc) is 2.32. The van der Waals surface area contributed by atoms with Crippen molar-refractivity contribution in [2.75, 3.05) is 13.1 Å². The van der Waals surface area contributed by atoms with Gasteiger partial charge >= 0.3 is 0 Å². The summed E-state index contributed by atoms with van der Waals surface area (Å²) in [5, 5.41) is 1.65. The molecule has 0 amide bonds. The van der Waals surface area contributed by atoms with Crippen LogP contribution in [0.1, 0.15) is 12.8 Å². The molecule has 2 rings (SSSR count). The number of piperidine rings is 1. The van der Waals surface area contributed by atoms with Crippen LogP contribution in [0.4, 0.5) is 4.39 Å². The molecule has 1 atom stereocenters. The molecule has 1 fully saturated rings. The van der Waals surface area contributed by atoms with Crippen LogP contribution in [0.2, 0.25) is 0 Å². The SMILES string of the molecule is N[C@@H]1CCCN(OOSc2ccccc2F)C1. The summed E-state index contributed by atoms with van der Waals surface area (Å²) in [6, 6.07) is 6.49. The maximum absolute atomic E-state index is 13.2. The van der Waals surface area contributed by atoms with Crippen molar-refractivity contribution in [2.45, 2.75) is 23.8 Å². The van der Waals surface area contributed by atoms with Crippen molar-refractivity contribution in [3.8, 4) is 0 Å². The summed E-state index contributed by atoms with van der Waals surface area (Å²) >= 11 is 0.862. The zero-order chi connectivity index (χ0) is 12.1. The molecule has 17 heavy (non-hydrogen) atoms. The van der Waals surface area contributed by atoms with Crippen molar-refractivity contribution in [2.24, 2.45) is 5.73 Å². The molecule has 6 heteroatoms. The van der Waals surface area contributed by atoms with E-state index in [0.29, 0.717) is 11.4 Å². The fourth-order valence-electron chi connectivity index (χ4n) is 1.65. The Morgan fingerprint density at radius 2 is 2.24 bits per heavy atom. The fourth-order valence-corrected chi connectivity index (χ4v) is 2.12. The average molecular weight is 258 g/mol. The molecule has 94 valence electrons. The van der Waals surface area contributed by atoms with Gasteiger partial charge in [0.2, 0.25) is 0 Å². The van der Waals surface area contributed by atoms with Gasteiger partial charge in [-0.2, -0.15) is 5.06 Å². The smallest absolute Gasteiger partial charge is 0.139 e. The molecule has 0 bridgehead atoms. The summed E-state index contributed by atoms with van der Waals surface area (Å²) in [6.45, 7) is 1.42. The van der Waals surface area contributed by atoms with Crippen molar-refractivity contribution in [1.29, 1.82) is 0 Å². The van der Waals surface area contributed by atoms with E-state index in [1.807, 2.05) is 0 Å². The Bertz CT molecular complexity index is 367. The summed E-state index contributed by atoms with van der Waals surface area (Å²) in [4.78, 5) is 5.46. The minimum absolute atomic E-state index is 0.116. The number of rotatable bonds is 4. The quantitative estimate of drug-likeness (QED) is 0.509. The molecule has 1 aliphatic heterocycles. The van der Waals surface area contributed by atoms with Crippen molar-refractivity contribution >= 4 is 12.0 Å². The number of nitrogens with zero attached hydrogens (tertiary/aromatic N) is 1. The molecule has 1 heterocycles. The van der Waals surface area contributed by atoms with E-state index in [4.69, 9.17) is 15.1 Å². The molecule has 2 N–H and O–H groups in total. The van der Waals surface area contributed by atoms with E-state index in [1.54, 1.807) is 23.3 Å². The fraction of sp³-hybridized carbons (Fsp3) is 0.455. The van der Waals surface area contributed by atoms with Gasteiger partial charge in [-0.15, -0.1) is 9.32 Å². The highest BCUT2D eigenvalue weighted by molar-refractivity contribution is 7.94. The number of halogens is 1. The van der Waals surface area contributed by atoms with Gasteiger partial charge in [-0.3, -0.25) is 0 Å². The lowest BCUT2D eigenvalue weighted by Crippen LogP contribution is -2.42. The standard InChI is InChI=1S/C11H15FN2O2S/c12-10-5-1-2-6-11(10)17-16-15-14-7-3-4-9(13)8-14/h1-2,5-6,9H,3-4,7-8,13H2/t9-/m1/s1. The van der Waals surface area contributed by atoms with Crippen LogP contribution in [0.5, 0.6) is 0 Å². The van der Waals surface area contributed by atoms with Crippen LogP contribution < -0.4 is 5.73 Å². The van der Waals surface area contributed by atoms with Crippen molar-refractivity contribution in [3.63, 3.8) is 0 Å². The molecule has 0 spiro atoms. The third-order valence-electron chi connectivity index (χ3n) is 2.52. The summed E-state index contributed by atoms with van der Waals surface area (Å²) < 4.78 is 18.2. The minimum Gasteiger partial charge on any atom is -0.326 e. The Kier molecular flexibility index (Phi) is 4.75. The van der Waals surface area contributed by atoms with Gasteiger partial charge in [-0.1, -0.05) is 12.1 Å². The molecular weight excluding hydrogens is 243 g/mol. The first-order valence-electron chi connectivity index (χ1n) is 5.52. The molecule has 0 saturated carbocycles. The van der Waals surface area contributed by atoms with Gasteiger partial charge in [0.15, 0.2) is 0 Å². The summed E-state index contributed by atoms with van der Waals surface area (Å²) in [5.41, 5.74) is 5.79. The lowest BCUT2D eigenvalue weighted by Gasteiger charge is -2.27. The van der Waals surface area contributed by atoms with E-state index in [0.717, 1.165) is 31.4 Å². The highest BCUT2D eigenvalue weighted by Gasteiger charge is 2.18. The van der Waals surface area contributed by atoms with E-state index in [-0.39, 0.29) is 11.9 Å². The maximum Gasteiger partial charge on any atom is 0.139 e. The van der Waals surface area contributed by atoms with E-state index in [1.165, 1.54) is 6.07 Å². The zero-order valence-corrected chi connectivity index (χ0v) is 10.2. The molecular formula is C11H15FN2O2S. The third kappa shape index (κ3) is 3.93. The molecule has 1 aliphatic rings. The van der Waals surface area contributed by atoms with E-state index in [9.17, 15) is 4.39 Å². The normalized spacial score (nSPS) is 21.6. The molecule has 0 unspecified atom stereocenters. The maximum atomic E-state index is 13.2. The molecule has 0 radical (unpaired) electrons. The van der Waals surface area contributed by atoms with Crippen molar-refractivity contribution in [3.05, 3.63) is 30.1 Å². The second kappa shape index (κ2) is 6.32. The van der Waals surface area contributed by atoms with Crippen LogP contribution in [0, 0.1) is 5.82 Å². The van der Waals surface area contributed by atoms with Gasteiger partial charge in [0.05, 0.1) is 16.9 Å². The topological polar surface area (TPSA) is 47.7 Å². The lowest BCUT2D eigenvalue weighted by molar-refractivity contribution is -0.364. The number of hydrogen-bond donors (Lipinski definition) is 1. The Morgan fingerprint density at radius 3 is 3.00 bits per heavy atom. The Labute approximate surface area is 104 Å². The Morgan fingerprint density at radius 1 is 1.41 bits per heavy atom. The number of benzene rings is 1. The van der Waals surface area contributed by atoms with Gasteiger partial charge in [0.1, 0.15) is 5.82 Å². The Balaban J connectivity index is 1.74. The van der Waals surface area contributed by atoms with E-state index < -0.39 is 0 Å². The number of hydroxylamine groups is 2. The van der Waals surface area contributed by atoms with Crippen LogP contribution in [0.15, 0.2) is 29.2 Å². The first-order chi connectivity index (χ1) is 8.25. The number of hydrogen-bond acceptors (Lipinski definition) is 5. The first-order valence-corrected chi connectivity index (χ1v) is 6.26. The van der Waals surface area contributed by atoms with Crippen molar-refractivity contribution < 1.29 is 13.7 Å². The Hall–Kier alpha value is -0.660. The second-order valence-electron chi connectivity index (χ2n) is 3.95. The highest BCUT2D eigenvalue weighted by Crippen LogP contribution is 2.23. The highest BCUT2D eigenvalue weighted by atomic mass is 32.2. The molecule has 0 aliphatic carbocycles. The largest absolute Gasteiger partial charge is 0.326 e. The third-order valence-corrected chi connectivity index (χ3v) is 3.16. The van der Waals surface area contributed by atoms with Gasteiger partial charge < -0.3 is 5.73 Å². The predicted molar refractivity (Wildman–Crippen MR) is 63.2 cm³/mol. The van der Waals surface area contributed by atoms with Crippen LogP contribution >= 0.6 is 12.0 Å². The van der Waals surface area contributed by atoms with Crippen LogP contribution in [0.3, 0.4) is 0 Å². The van der Waals surface area contributed by atoms with E-state index in [2.05, 4.69) is 0 Å². The first kappa shape index (κ1) is 12.8. The molecule has 1 aromatic carbocycles. The van der Waals surface area contributed by atoms with Crippen molar-refractivity contribution in [1.82, 2.24) is 5.06 Å². The van der Waals surface area contributed by atoms with Gasteiger partial charge in [0, 0.05) is 19.1 Å². The zero-order valence-electron chi connectivity index (χ0n) is 9.34. The molecule has 1 aromatic rings. The minimum atomic E-state index is -0.323. The summed E-state index contributed by atoms with van der Waals surface area (Å²) in [7, 11) is 0. The number of nitrogens with two attached hydrogens (primary N) is 1. The lowest BCUT2D eigenvalue weighted by atomic mass is 10.1. The van der Waals surface area contributed by atoms with Gasteiger partial charge in [-0.05, 0) is 25.0 Å². The summed E-state index contributed by atoms with van der Waals surface area (Å²) in [5.74, 6) is -0.323. The van der Waals surface area contributed by atoms with Gasteiger partial charge in [-0.25, -0.2) is 4.39 Å². The second-order valence-corrected chi connectivity index (χ2v) is 4.69. The van der Waals surface area contributed by atoms with Crippen LogP contribution in [-0.2, 0) is 9.32 Å². The summed E-state index contributed by atoms with van der Waals surface area (Å²) in [6.07, 6.45) is 1.98. The van der Waals surface area contributed by atoms with Gasteiger partial charge in [0.25, 0.3) is 0 Å². The van der Waals surface area contributed by atoms with Crippen LogP contribution in [-0.4, -0.2) is 24.2 Å². The predicted octanol–water partition coefficient (Wildman–Crippen LogP) is 2.12. The van der Waals surface area contributed by atoms with Crippen LogP contribution in [0.25, 0.3) is 0 Å². The molecule has 0 aromatic heterocycles.